The maximum Gasteiger partial charge on any atom is 0.338 e. The van der Waals surface area contributed by atoms with Crippen LogP contribution in [0.4, 0.5) is 0 Å². The number of thioether (sulfide) groups is 1. The molecule has 1 unspecified atom stereocenters. The topological polar surface area (TPSA) is 62.2 Å². The summed E-state index contributed by atoms with van der Waals surface area (Å²) in [5, 5.41) is 2.77. The molecule has 2 aliphatic heterocycles. The van der Waals surface area contributed by atoms with Crippen LogP contribution in [0.2, 0.25) is 0 Å². The van der Waals surface area contributed by atoms with Crippen LogP contribution in [0.25, 0.3) is 0 Å². The number of benzene rings is 2. The molecule has 2 aromatic rings. The molecule has 6 nitrogen and oxygen atoms in total. The fourth-order valence-electron chi connectivity index (χ4n) is 4.53. The summed E-state index contributed by atoms with van der Waals surface area (Å²) in [6, 6.07) is 17.9. The van der Waals surface area contributed by atoms with Gasteiger partial charge >= 0.3 is 5.97 Å². The fourth-order valence-corrected chi connectivity index (χ4v) is 5.46. The number of rotatable bonds is 8. The first kappa shape index (κ1) is 25.8. The van der Waals surface area contributed by atoms with Gasteiger partial charge < -0.3 is 14.5 Å². The van der Waals surface area contributed by atoms with E-state index in [4.69, 9.17) is 9.73 Å². The van der Waals surface area contributed by atoms with Gasteiger partial charge in [-0.1, -0.05) is 87.1 Å². The first-order chi connectivity index (χ1) is 17.3. The Bertz CT molecular complexity index is 1220. The molecule has 0 bridgehead atoms. The SMILES string of the molecule is CCC1=C(C(=O)OC)C(c2ccc(C(C)C)cc2)N2C(CC(=O)N(C)Cc3ccccc3)=CSC2=N1. The molecule has 0 saturated heterocycles. The number of allylic oxidation sites excluding steroid dienone is 1. The van der Waals surface area contributed by atoms with Crippen molar-refractivity contribution < 1.29 is 14.3 Å². The second-order valence-corrected chi connectivity index (χ2v) is 10.2. The second kappa shape index (κ2) is 11.2. The van der Waals surface area contributed by atoms with E-state index in [1.54, 1.807) is 4.90 Å². The fraction of sp³-hybridized carbons (Fsp3) is 0.345. The highest BCUT2D eigenvalue weighted by Gasteiger charge is 2.41. The Hall–Kier alpha value is -3.32. The zero-order valence-corrected chi connectivity index (χ0v) is 22.3. The lowest BCUT2D eigenvalue weighted by Gasteiger charge is -2.37. The van der Waals surface area contributed by atoms with E-state index < -0.39 is 12.0 Å². The van der Waals surface area contributed by atoms with E-state index in [-0.39, 0.29) is 12.3 Å². The summed E-state index contributed by atoms with van der Waals surface area (Å²) in [5.41, 5.74) is 5.36. The Morgan fingerprint density at radius 3 is 2.42 bits per heavy atom. The van der Waals surface area contributed by atoms with Crippen molar-refractivity contribution in [2.24, 2.45) is 4.99 Å². The summed E-state index contributed by atoms with van der Waals surface area (Å²) < 4.78 is 5.21. The number of aliphatic imine (C=N–C) groups is 1. The van der Waals surface area contributed by atoms with Gasteiger partial charge in [0.1, 0.15) is 0 Å². The van der Waals surface area contributed by atoms with E-state index in [1.807, 2.05) is 54.6 Å². The van der Waals surface area contributed by atoms with Crippen LogP contribution < -0.4 is 0 Å². The molecule has 0 aliphatic carbocycles. The van der Waals surface area contributed by atoms with E-state index in [2.05, 4.69) is 38.1 Å². The predicted octanol–water partition coefficient (Wildman–Crippen LogP) is 6.00. The van der Waals surface area contributed by atoms with Crippen molar-refractivity contribution in [2.45, 2.75) is 52.1 Å². The van der Waals surface area contributed by atoms with Crippen LogP contribution in [-0.2, 0) is 20.9 Å². The Morgan fingerprint density at radius 1 is 1.11 bits per heavy atom. The van der Waals surface area contributed by atoms with Crippen molar-refractivity contribution in [1.29, 1.82) is 0 Å². The van der Waals surface area contributed by atoms with Crippen molar-refractivity contribution >= 4 is 28.8 Å². The summed E-state index contributed by atoms with van der Waals surface area (Å²) >= 11 is 1.50. The molecule has 4 rings (SSSR count). The average Bonchev–Trinajstić information content (AvgIpc) is 3.29. The summed E-state index contributed by atoms with van der Waals surface area (Å²) in [6.45, 7) is 6.84. The van der Waals surface area contributed by atoms with Crippen LogP contribution in [0.1, 0.15) is 62.3 Å². The van der Waals surface area contributed by atoms with Crippen LogP contribution in [0.15, 0.2) is 82.0 Å². The number of amides is 1. The second-order valence-electron chi connectivity index (χ2n) is 9.33. The van der Waals surface area contributed by atoms with Gasteiger partial charge in [0, 0.05) is 19.3 Å². The van der Waals surface area contributed by atoms with Crippen molar-refractivity contribution in [1.82, 2.24) is 9.80 Å². The molecular formula is C29H33N3O3S. The molecule has 36 heavy (non-hydrogen) atoms. The lowest BCUT2D eigenvalue weighted by Crippen LogP contribution is -2.38. The molecule has 2 aromatic carbocycles. The van der Waals surface area contributed by atoms with Crippen molar-refractivity contribution in [3.05, 3.63) is 93.7 Å². The van der Waals surface area contributed by atoms with Crippen LogP contribution in [0.3, 0.4) is 0 Å². The lowest BCUT2D eigenvalue weighted by atomic mass is 9.91. The van der Waals surface area contributed by atoms with Crippen LogP contribution in [0, 0.1) is 0 Å². The minimum Gasteiger partial charge on any atom is -0.466 e. The van der Waals surface area contributed by atoms with Gasteiger partial charge in [-0.25, -0.2) is 9.79 Å². The van der Waals surface area contributed by atoms with Gasteiger partial charge in [0.25, 0.3) is 0 Å². The van der Waals surface area contributed by atoms with E-state index in [1.165, 1.54) is 24.4 Å². The number of carbonyl (C=O) groups excluding carboxylic acids is 2. The van der Waals surface area contributed by atoms with Crippen LogP contribution >= 0.6 is 11.8 Å². The number of ether oxygens (including phenoxy) is 1. The zero-order valence-electron chi connectivity index (χ0n) is 21.5. The first-order valence-corrected chi connectivity index (χ1v) is 13.1. The van der Waals surface area contributed by atoms with Crippen molar-refractivity contribution in [2.75, 3.05) is 14.2 Å². The van der Waals surface area contributed by atoms with E-state index in [0.29, 0.717) is 24.5 Å². The third-order valence-electron chi connectivity index (χ3n) is 6.57. The molecule has 188 valence electrons. The van der Waals surface area contributed by atoms with E-state index in [9.17, 15) is 9.59 Å². The number of carbonyl (C=O) groups is 2. The average molecular weight is 504 g/mol. The number of amidine groups is 1. The molecule has 0 spiro atoms. The van der Waals surface area contributed by atoms with Gasteiger partial charge in [0.2, 0.25) is 5.91 Å². The van der Waals surface area contributed by atoms with Gasteiger partial charge in [-0.05, 0) is 34.4 Å². The highest BCUT2D eigenvalue weighted by atomic mass is 32.2. The normalized spacial score (nSPS) is 17.1. The van der Waals surface area contributed by atoms with Gasteiger partial charge in [-0.15, -0.1) is 0 Å². The Balaban J connectivity index is 1.66. The van der Waals surface area contributed by atoms with Gasteiger partial charge in [0.15, 0.2) is 5.17 Å². The molecule has 1 atom stereocenters. The minimum atomic E-state index is -0.408. The Morgan fingerprint density at radius 2 is 1.81 bits per heavy atom. The number of hydrogen-bond donors (Lipinski definition) is 0. The summed E-state index contributed by atoms with van der Waals surface area (Å²) in [4.78, 5) is 34.9. The lowest BCUT2D eigenvalue weighted by molar-refractivity contribution is -0.136. The number of methoxy groups -OCH3 is 1. The van der Waals surface area contributed by atoms with Gasteiger partial charge in [0.05, 0.1) is 30.8 Å². The Kier molecular flexibility index (Phi) is 7.99. The standard InChI is InChI=1S/C29H33N3O3S/c1-6-24-26(28(34)35-5)27(22-14-12-21(13-15-22)19(2)3)32-23(18-36-29(32)30-24)16-25(33)31(4)17-20-10-8-7-9-11-20/h7-15,18-19,27H,6,16-17H2,1-5H3. The zero-order chi connectivity index (χ0) is 25.8. The van der Waals surface area contributed by atoms with Gasteiger partial charge in [-0.2, -0.15) is 0 Å². The highest BCUT2D eigenvalue weighted by molar-refractivity contribution is 8.16. The highest BCUT2D eigenvalue weighted by Crippen LogP contribution is 2.45. The number of fused-ring (bicyclic) bond motifs is 1. The maximum atomic E-state index is 13.2. The van der Waals surface area contributed by atoms with Crippen LogP contribution in [-0.4, -0.2) is 41.0 Å². The monoisotopic (exact) mass is 503 g/mol. The molecule has 0 N–H and O–H groups in total. The number of nitrogens with zero attached hydrogens (tertiary/aromatic N) is 3. The molecule has 7 heteroatoms. The summed E-state index contributed by atoms with van der Waals surface area (Å²) in [5.74, 6) is 0.0158. The molecule has 1 amide bonds. The molecule has 0 saturated carbocycles. The minimum absolute atomic E-state index is 0.00532. The van der Waals surface area contributed by atoms with Crippen LogP contribution in [0.5, 0.6) is 0 Å². The summed E-state index contributed by atoms with van der Waals surface area (Å²) in [7, 11) is 3.22. The quantitative estimate of drug-likeness (QED) is 0.414. The molecule has 0 fully saturated rings. The smallest absolute Gasteiger partial charge is 0.338 e. The largest absolute Gasteiger partial charge is 0.466 e. The third kappa shape index (κ3) is 5.26. The molecule has 2 heterocycles. The third-order valence-corrected chi connectivity index (χ3v) is 7.46. The van der Waals surface area contributed by atoms with Gasteiger partial charge in [-0.3, -0.25) is 4.79 Å². The van der Waals surface area contributed by atoms with E-state index in [0.717, 1.165) is 27.7 Å². The maximum absolute atomic E-state index is 13.2. The van der Waals surface area contributed by atoms with Crippen molar-refractivity contribution in [3.8, 4) is 0 Å². The number of esters is 1. The molecule has 0 aromatic heterocycles. The number of hydrogen-bond acceptors (Lipinski definition) is 6. The molecule has 0 radical (unpaired) electrons. The molecular weight excluding hydrogens is 470 g/mol. The van der Waals surface area contributed by atoms with E-state index >= 15 is 0 Å². The molecule has 2 aliphatic rings. The summed E-state index contributed by atoms with van der Waals surface area (Å²) in [6.07, 6.45) is 0.822. The Labute approximate surface area is 217 Å². The first-order valence-electron chi connectivity index (χ1n) is 12.3. The van der Waals surface area contributed by atoms with Crippen molar-refractivity contribution in [3.63, 3.8) is 0 Å². The predicted molar refractivity (Wildman–Crippen MR) is 145 cm³/mol.